The summed E-state index contributed by atoms with van der Waals surface area (Å²) in [5, 5.41) is 0. The normalized spacial score (nSPS) is 31.6. The summed E-state index contributed by atoms with van der Waals surface area (Å²) in [4.78, 5) is 13.1. The Morgan fingerprint density at radius 3 is 1.62 bits per heavy atom. The van der Waals surface area contributed by atoms with Crippen LogP contribution in [0.3, 0.4) is 0 Å². The van der Waals surface area contributed by atoms with Crippen molar-refractivity contribution >= 4 is 5.97 Å². The zero-order chi connectivity index (χ0) is 36.1. The third kappa shape index (κ3) is 13.2. The van der Waals surface area contributed by atoms with Gasteiger partial charge in [0.25, 0.3) is 0 Å². The molecule has 3 aliphatic heterocycles. The molecule has 294 valence electrons. The Morgan fingerprint density at radius 1 is 0.600 bits per heavy atom. The van der Waals surface area contributed by atoms with Gasteiger partial charge in [-0.05, 0) is 38.5 Å². The quantitative estimate of drug-likeness (QED) is 0.0630. The molecule has 11 atom stereocenters. The molecule has 0 amide bonds. The van der Waals surface area contributed by atoms with Gasteiger partial charge in [-0.15, -0.1) is 0 Å². The van der Waals surface area contributed by atoms with E-state index in [4.69, 9.17) is 47.4 Å². The molecule has 11 heteroatoms. The standard InChI is InChI=1S/C39H72O11/c1-8-14-20-41-26-29-33(43-22-16-10-3)36(45-24-18-12-5)37(46-25-19-13-6)38(49-29)34(48-28(7)40)31-32(42-21-15-9-2)30-27-47-39(50-30)35(31)44-23-17-11-4/h29-39H,8-27H2,1-7H3/t29-,30-,31-,32-,33-,34+,35+,36+,37+,38?,39+/m1/s1. The molecule has 3 saturated heterocycles. The van der Waals surface area contributed by atoms with Crippen molar-refractivity contribution in [2.75, 3.05) is 52.9 Å². The minimum Gasteiger partial charge on any atom is -0.459 e. The van der Waals surface area contributed by atoms with E-state index >= 15 is 0 Å². The first-order valence-electron chi connectivity index (χ1n) is 20.2. The second-order valence-electron chi connectivity index (χ2n) is 14.0. The SMILES string of the molecule is CCCCOC[C@H]1OC([C@@H](OC(C)=O)[C@@H]2[C@H](OCCCC)[C@H]3OC[C@@H](O3)[C@H]2OCCCC)[C@@H](OCCCC)[C@@H](OCCCC)[C@@H]1OCCCC. The lowest BCUT2D eigenvalue weighted by Crippen LogP contribution is -2.68. The lowest BCUT2D eigenvalue weighted by atomic mass is 9.79. The third-order valence-electron chi connectivity index (χ3n) is 9.77. The van der Waals surface area contributed by atoms with E-state index in [1.807, 2.05) is 0 Å². The molecule has 0 aromatic heterocycles. The van der Waals surface area contributed by atoms with Crippen LogP contribution in [0.1, 0.15) is 126 Å². The van der Waals surface area contributed by atoms with Gasteiger partial charge in [-0.3, -0.25) is 4.79 Å². The molecule has 3 rings (SSSR count). The Morgan fingerprint density at radius 2 is 1.08 bits per heavy atom. The minimum absolute atomic E-state index is 0.324. The molecule has 11 nitrogen and oxygen atoms in total. The van der Waals surface area contributed by atoms with Crippen LogP contribution in [0.2, 0.25) is 0 Å². The molecule has 0 aromatic rings. The van der Waals surface area contributed by atoms with Crippen molar-refractivity contribution in [1.82, 2.24) is 0 Å². The van der Waals surface area contributed by atoms with Crippen LogP contribution in [0.15, 0.2) is 0 Å². The number of esters is 1. The van der Waals surface area contributed by atoms with Crippen LogP contribution < -0.4 is 0 Å². The summed E-state index contributed by atoms with van der Waals surface area (Å²) in [7, 11) is 0. The van der Waals surface area contributed by atoms with Crippen molar-refractivity contribution in [2.24, 2.45) is 5.92 Å². The summed E-state index contributed by atoms with van der Waals surface area (Å²) in [6.07, 6.45) is 5.95. The summed E-state index contributed by atoms with van der Waals surface area (Å²) < 4.78 is 65.8. The lowest BCUT2D eigenvalue weighted by Gasteiger charge is -2.51. The van der Waals surface area contributed by atoms with Gasteiger partial charge in [-0.1, -0.05) is 80.1 Å². The summed E-state index contributed by atoms with van der Waals surface area (Å²) in [5.74, 6) is -0.859. The Labute approximate surface area is 303 Å². The molecule has 0 saturated carbocycles. The topological polar surface area (TPSA) is 109 Å². The summed E-state index contributed by atoms with van der Waals surface area (Å²) in [5.41, 5.74) is 0. The second-order valence-corrected chi connectivity index (χ2v) is 14.0. The third-order valence-corrected chi connectivity index (χ3v) is 9.77. The molecule has 0 spiro atoms. The Balaban J connectivity index is 2.13. The first-order valence-corrected chi connectivity index (χ1v) is 20.2. The average Bonchev–Trinajstić information content (AvgIpc) is 3.54. The largest absolute Gasteiger partial charge is 0.459 e. The molecule has 0 aliphatic carbocycles. The molecule has 0 aromatic carbocycles. The number of unbranched alkanes of at least 4 members (excludes halogenated alkanes) is 6. The molecule has 3 fully saturated rings. The molecule has 2 bridgehead atoms. The smallest absolute Gasteiger partial charge is 0.303 e. The fourth-order valence-corrected chi connectivity index (χ4v) is 6.93. The van der Waals surface area contributed by atoms with Crippen molar-refractivity contribution in [2.45, 2.75) is 187 Å². The number of rotatable bonds is 28. The van der Waals surface area contributed by atoms with E-state index in [-0.39, 0.29) is 6.10 Å². The Kier molecular flexibility index (Phi) is 21.9. The molecule has 0 N–H and O–H groups in total. The van der Waals surface area contributed by atoms with Crippen LogP contribution >= 0.6 is 0 Å². The van der Waals surface area contributed by atoms with E-state index in [1.165, 1.54) is 6.92 Å². The van der Waals surface area contributed by atoms with Gasteiger partial charge in [-0.25, -0.2) is 0 Å². The Bertz CT molecular complexity index is 853. The maximum atomic E-state index is 13.1. The number of carbonyl (C=O) groups excluding carboxylic acids is 1. The highest BCUT2D eigenvalue weighted by molar-refractivity contribution is 5.66. The molecule has 3 aliphatic rings. The number of hydrogen-bond acceptors (Lipinski definition) is 11. The number of hydrogen-bond donors (Lipinski definition) is 0. The highest BCUT2D eigenvalue weighted by Crippen LogP contribution is 2.43. The summed E-state index contributed by atoms with van der Waals surface area (Å²) in [6, 6.07) is 0. The van der Waals surface area contributed by atoms with Gasteiger partial charge >= 0.3 is 5.97 Å². The van der Waals surface area contributed by atoms with Gasteiger partial charge in [0.1, 0.15) is 48.8 Å². The Hall–Kier alpha value is -0.890. The molecule has 50 heavy (non-hydrogen) atoms. The monoisotopic (exact) mass is 717 g/mol. The van der Waals surface area contributed by atoms with Gasteiger partial charge < -0.3 is 47.4 Å². The number of ether oxygens (including phenoxy) is 10. The lowest BCUT2D eigenvalue weighted by molar-refractivity contribution is -0.306. The first-order chi connectivity index (χ1) is 24.4. The van der Waals surface area contributed by atoms with E-state index in [0.29, 0.717) is 52.9 Å². The van der Waals surface area contributed by atoms with E-state index in [2.05, 4.69) is 41.5 Å². The highest BCUT2D eigenvalue weighted by atomic mass is 16.8. The average molecular weight is 717 g/mol. The summed E-state index contributed by atoms with van der Waals surface area (Å²) >= 11 is 0. The van der Waals surface area contributed by atoms with Crippen molar-refractivity contribution in [3.05, 3.63) is 0 Å². The van der Waals surface area contributed by atoms with Crippen molar-refractivity contribution < 1.29 is 52.2 Å². The van der Waals surface area contributed by atoms with E-state index in [9.17, 15) is 4.79 Å². The van der Waals surface area contributed by atoms with Crippen LogP contribution in [0, 0.1) is 5.92 Å². The van der Waals surface area contributed by atoms with Gasteiger partial charge in [0, 0.05) is 46.6 Å². The first kappa shape index (κ1) is 43.5. The van der Waals surface area contributed by atoms with E-state index in [1.54, 1.807) is 0 Å². The predicted octanol–water partition coefficient (Wildman–Crippen LogP) is 6.80. The van der Waals surface area contributed by atoms with Crippen LogP contribution in [0.25, 0.3) is 0 Å². The van der Waals surface area contributed by atoms with Gasteiger partial charge in [0.2, 0.25) is 0 Å². The zero-order valence-corrected chi connectivity index (χ0v) is 32.5. The zero-order valence-electron chi connectivity index (χ0n) is 32.5. The molecule has 0 radical (unpaired) electrons. The van der Waals surface area contributed by atoms with Crippen LogP contribution in [-0.2, 0) is 52.2 Å². The molecule has 3 heterocycles. The van der Waals surface area contributed by atoms with Crippen molar-refractivity contribution in [3.63, 3.8) is 0 Å². The maximum Gasteiger partial charge on any atom is 0.303 e. The van der Waals surface area contributed by atoms with Crippen molar-refractivity contribution in [1.29, 1.82) is 0 Å². The van der Waals surface area contributed by atoms with Gasteiger partial charge in [0.15, 0.2) is 6.29 Å². The van der Waals surface area contributed by atoms with Crippen LogP contribution in [0.5, 0.6) is 0 Å². The van der Waals surface area contributed by atoms with E-state index < -0.39 is 67.0 Å². The van der Waals surface area contributed by atoms with Gasteiger partial charge in [0.05, 0.1) is 25.2 Å². The summed E-state index contributed by atoms with van der Waals surface area (Å²) in [6.45, 7) is 18.3. The highest BCUT2D eigenvalue weighted by Gasteiger charge is 2.60. The fourth-order valence-electron chi connectivity index (χ4n) is 6.93. The molecule has 1 unspecified atom stereocenters. The van der Waals surface area contributed by atoms with Crippen LogP contribution in [-0.4, -0.2) is 120 Å². The minimum atomic E-state index is -0.806. The number of carbonyl (C=O) groups is 1. The molecular weight excluding hydrogens is 644 g/mol. The predicted molar refractivity (Wildman–Crippen MR) is 191 cm³/mol. The fraction of sp³-hybridized carbons (Fsp3) is 0.974. The van der Waals surface area contributed by atoms with Crippen molar-refractivity contribution in [3.8, 4) is 0 Å². The second kappa shape index (κ2) is 25.2. The van der Waals surface area contributed by atoms with Crippen LogP contribution in [0.4, 0.5) is 0 Å². The van der Waals surface area contributed by atoms with Gasteiger partial charge in [-0.2, -0.15) is 0 Å². The van der Waals surface area contributed by atoms with E-state index in [0.717, 1.165) is 77.0 Å². The number of fused-ring (bicyclic) bond motifs is 2. The molecular formula is C39H72O11. The maximum absolute atomic E-state index is 13.1.